The maximum absolute atomic E-state index is 9.95. The summed E-state index contributed by atoms with van der Waals surface area (Å²) in [5.41, 5.74) is 6.30. The molecule has 4 rings (SSSR count). The van der Waals surface area contributed by atoms with Gasteiger partial charge in [-0.2, -0.15) is 0 Å². The molecule has 0 heterocycles. The Balaban J connectivity index is 1.67. The van der Waals surface area contributed by atoms with E-state index >= 15 is 0 Å². The molecular formula is C27H28N2O. The largest absolute Gasteiger partial charge is 0.386 e. The van der Waals surface area contributed by atoms with Gasteiger partial charge in [0.1, 0.15) is 0 Å². The second-order valence-electron chi connectivity index (χ2n) is 8.27. The number of benzene rings is 4. The lowest BCUT2D eigenvalue weighted by atomic mass is 9.77. The van der Waals surface area contributed by atoms with Gasteiger partial charge < -0.3 is 5.32 Å². The molecular weight excluding hydrogens is 368 g/mol. The van der Waals surface area contributed by atoms with Crippen molar-refractivity contribution in [3.8, 4) is 11.1 Å². The SMILES string of the molecule is CNc1ccc(-c2ccc(C(C)(C)c3ccc4ccccc4c3)cc2)cc1N(C)O. The molecule has 0 bridgehead atoms. The van der Waals surface area contributed by atoms with E-state index in [1.54, 1.807) is 7.05 Å². The van der Waals surface area contributed by atoms with Crippen molar-refractivity contribution in [2.75, 3.05) is 24.5 Å². The van der Waals surface area contributed by atoms with Crippen LogP contribution in [0.25, 0.3) is 21.9 Å². The maximum atomic E-state index is 9.95. The van der Waals surface area contributed by atoms with Gasteiger partial charge >= 0.3 is 0 Å². The van der Waals surface area contributed by atoms with Crippen molar-refractivity contribution in [2.45, 2.75) is 19.3 Å². The monoisotopic (exact) mass is 396 g/mol. The van der Waals surface area contributed by atoms with Crippen LogP contribution < -0.4 is 10.4 Å². The Labute approximate surface area is 178 Å². The van der Waals surface area contributed by atoms with Gasteiger partial charge in [0.05, 0.1) is 11.4 Å². The van der Waals surface area contributed by atoms with Crippen LogP contribution in [-0.4, -0.2) is 19.3 Å². The first-order valence-corrected chi connectivity index (χ1v) is 10.2. The van der Waals surface area contributed by atoms with Crippen LogP contribution in [-0.2, 0) is 5.41 Å². The molecule has 0 aliphatic heterocycles. The van der Waals surface area contributed by atoms with Crippen molar-refractivity contribution >= 4 is 22.1 Å². The quantitative estimate of drug-likeness (QED) is 0.368. The topological polar surface area (TPSA) is 35.5 Å². The van der Waals surface area contributed by atoms with Gasteiger partial charge in [-0.15, -0.1) is 0 Å². The van der Waals surface area contributed by atoms with Crippen LogP contribution in [0, 0.1) is 0 Å². The normalized spacial score (nSPS) is 11.5. The number of nitrogens with zero attached hydrogens (tertiary/aromatic N) is 1. The third-order valence-electron chi connectivity index (χ3n) is 6.03. The Bertz CT molecular complexity index is 1180. The summed E-state index contributed by atoms with van der Waals surface area (Å²) in [5, 5.41) is 16.7. The molecule has 0 saturated heterocycles. The highest BCUT2D eigenvalue weighted by atomic mass is 16.5. The smallest absolute Gasteiger partial charge is 0.0868 e. The van der Waals surface area contributed by atoms with E-state index in [2.05, 4.69) is 92.0 Å². The van der Waals surface area contributed by atoms with Crippen LogP contribution >= 0.6 is 0 Å². The summed E-state index contributed by atoms with van der Waals surface area (Å²) in [5.74, 6) is 0. The molecule has 0 amide bonds. The van der Waals surface area contributed by atoms with Gasteiger partial charge in [-0.25, -0.2) is 0 Å². The molecule has 0 spiro atoms. The van der Waals surface area contributed by atoms with Crippen molar-refractivity contribution in [2.24, 2.45) is 0 Å². The van der Waals surface area contributed by atoms with Gasteiger partial charge in [0.15, 0.2) is 0 Å². The summed E-state index contributed by atoms with van der Waals surface area (Å²) < 4.78 is 0. The van der Waals surface area contributed by atoms with Gasteiger partial charge in [-0.3, -0.25) is 10.3 Å². The van der Waals surface area contributed by atoms with E-state index in [1.165, 1.54) is 21.9 Å². The summed E-state index contributed by atoms with van der Waals surface area (Å²) in [6.07, 6.45) is 0. The van der Waals surface area contributed by atoms with Crippen molar-refractivity contribution in [3.05, 3.63) is 96.1 Å². The Morgan fingerprint density at radius 2 is 1.37 bits per heavy atom. The lowest BCUT2D eigenvalue weighted by molar-refractivity contribution is 0.280. The summed E-state index contributed by atoms with van der Waals surface area (Å²) in [7, 11) is 3.49. The lowest BCUT2D eigenvalue weighted by Crippen LogP contribution is -2.18. The predicted octanol–water partition coefficient (Wildman–Crippen LogP) is 6.70. The van der Waals surface area contributed by atoms with Crippen molar-refractivity contribution in [3.63, 3.8) is 0 Å². The Kier molecular flexibility index (Phi) is 5.23. The molecule has 0 aromatic heterocycles. The van der Waals surface area contributed by atoms with Gasteiger partial charge in [0.25, 0.3) is 0 Å². The van der Waals surface area contributed by atoms with Crippen molar-refractivity contribution < 1.29 is 5.21 Å². The van der Waals surface area contributed by atoms with Crippen LogP contribution in [0.2, 0.25) is 0 Å². The molecule has 0 saturated carbocycles. The number of nitrogens with one attached hydrogen (secondary N) is 1. The van der Waals surface area contributed by atoms with E-state index in [4.69, 9.17) is 0 Å². The van der Waals surface area contributed by atoms with Gasteiger partial charge in [0.2, 0.25) is 0 Å². The van der Waals surface area contributed by atoms with Crippen LogP contribution in [0.5, 0.6) is 0 Å². The number of rotatable bonds is 5. The van der Waals surface area contributed by atoms with E-state index in [-0.39, 0.29) is 5.41 Å². The van der Waals surface area contributed by atoms with Crippen LogP contribution in [0.15, 0.2) is 84.9 Å². The molecule has 0 radical (unpaired) electrons. The fourth-order valence-electron chi connectivity index (χ4n) is 4.01. The maximum Gasteiger partial charge on any atom is 0.0868 e. The second-order valence-corrected chi connectivity index (χ2v) is 8.27. The van der Waals surface area contributed by atoms with E-state index in [1.807, 2.05) is 19.2 Å². The summed E-state index contributed by atoms with van der Waals surface area (Å²) in [6, 6.07) is 30.0. The minimum atomic E-state index is -0.102. The first kappa shape index (κ1) is 20.0. The highest BCUT2D eigenvalue weighted by Crippen LogP contribution is 2.35. The number of hydrogen-bond donors (Lipinski definition) is 2. The van der Waals surface area contributed by atoms with Crippen molar-refractivity contribution in [1.82, 2.24) is 0 Å². The number of fused-ring (bicyclic) bond motifs is 1. The zero-order valence-electron chi connectivity index (χ0n) is 18.0. The lowest BCUT2D eigenvalue weighted by Gasteiger charge is -2.27. The zero-order valence-corrected chi connectivity index (χ0v) is 18.0. The average molecular weight is 397 g/mol. The van der Waals surface area contributed by atoms with Crippen molar-refractivity contribution in [1.29, 1.82) is 0 Å². The Hall–Kier alpha value is -3.30. The molecule has 4 aromatic rings. The molecule has 3 nitrogen and oxygen atoms in total. The average Bonchev–Trinajstić information content (AvgIpc) is 2.78. The highest BCUT2D eigenvalue weighted by Gasteiger charge is 2.23. The number of anilines is 2. The van der Waals surface area contributed by atoms with Gasteiger partial charge in [0, 0.05) is 19.5 Å². The molecule has 0 fully saturated rings. The molecule has 30 heavy (non-hydrogen) atoms. The molecule has 0 atom stereocenters. The Morgan fingerprint density at radius 1 is 0.733 bits per heavy atom. The summed E-state index contributed by atoms with van der Waals surface area (Å²) in [4.78, 5) is 0. The molecule has 3 heteroatoms. The van der Waals surface area contributed by atoms with Gasteiger partial charge in [-0.05, 0) is 45.2 Å². The highest BCUT2D eigenvalue weighted by molar-refractivity contribution is 5.83. The van der Waals surface area contributed by atoms with Gasteiger partial charge in [-0.1, -0.05) is 86.6 Å². The standard InChI is InChI=1S/C27H28N2O/c1-27(2,24-15-11-19-7-5-6-8-21(19)17-24)23-13-9-20(10-14-23)22-12-16-25(28-3)26(18-22)29(4)30/h5-18,28,30H,1-4H3. The predicted molar refractivity (Wildman–Crippen MR) is 128 cm³/mol. The number of hydrogen-bond acceptors (Lipinski definition) is 3. The fraction of sp³-hybridized carbons (Fsp3) is 0.185. The zero-order chi connectivity index (χ0) is 21.3. The van der Waals surface area contributed by atoms with E-state index < -0.39 is 0 Å². The minimum absolute atomic E-state index is 0.102. The third-order valence-corrected chi connectivity index (χ3v) is 6.03. The fourth-order valence-corrected chi connectivity index (χ4v) is 4.01. The molecule has 4 aromatic carbocycles. The first-order chi connectivity index (χ1) is 14.4. The van der Waals surface area contributed by atoms with Crippen LogP contribution in [0.3, 0.4) is 0 Å². The molecule has 152 valence electrons. The van der Waals surface area contributed by atoms with E-state index in [0.717, 1.165) is 27.6 Å². The summed E-state index contributed by atoms with van der Waals surface area (Å²) >= 11 is 0. The first-order valence-electron chi connectivity index (χ1n) is 10.2. The van der Waals surface area contributed by atoms with Crippen LogP contribution in [0.1, 0.15) is 25.0 Å². The second kappa shape index (κ2) is 7.85. The Morgan fingerprint density at radius 3 is 2.03 bits per heavy atom. The third kappa shape index (κ3) is 3.64. The minimum Gasteiger partial charge on any atom is -0.386 e. The molecule has 2 N–H and O–H groups in total. The van der Waals surface area contributed by atoms with E-state index in [0.29, 0.717) is 0 Å². The molecule has 0 aliphatic rings. The summed E-state index contributed by atoms with van der Waals surface area (Å²) in [6.45, 7) is 4.54. The number of hydroxylamine groups is 1. The van der Waals surface area contributed by atoms with E-state index in [9.17, 15) is 5.21 Å². The molecule has 0 aliphatic carbocycles. The van der Waals surface area contributed by atoms with Crippen LogP contribution in [0.4, 0.5) is 11.4 Å². The molecule has 0 unspecified atom stereocenters.